The SMILES string of the molecule is O=P(NCC(c1ccccc1)c1ccccc1)(Oc1ccccc1)Oc1ccccc1. The zero-order valence-corrected chi connectivity index (χ0v) is 17.9. The summed E-state index contributed by atoms with van der Waals surface area (Å²) in [5, 5.41) is 3.10. The first-order valence-electron chi connectivity index (χ1n) is 10.2. The molecule has 0 fully saturated rings. The van der Waals surface area contributed by atoms with E-state index in [-0.39, 0.29) is 5.92 Å². The van der Waals surface area contributed by atoms with Gasteiger partial charge in [-0.25, -0.2) is 9.65 Å². The molecule has 1 N–H and O–H groups in total. The van der Waals surface area contributed by atoms with Gasteiger partial charge >= 0.3 is 7.75 Å². The van der Waals surface area contributed by atoms with E-state index in [2.05, 4.69) is 29.4 Å². The van der Waals surface area contributed by atoms with Crippen LogP contribution in [0.2, 0.25) is 0 Å². The van der Waals surface area contributed by atoms with Gasteiger partial charge in [-0.05, 0) is 35.4 Å². The standard InChI is InChI=1S/C26H24NO3P/c28-31(29-24-17-9-3-10-18-24,30-25-19-11-4-12-20-25)27-21-26(22-13-5-1-6-14-22)23-15-7-2-8-16-23/h1-20,26H,21H2,(H,27,28). The topological polar surface area (TPSA) is 47.6 Å². The van der Waals surface area contributed by atoms with Crippen LogP contribution in [0.5, 0.6) is 11.5 Å². The van der Waals surface area contributed by atoms with Crippen molar-refractivity contribution in [2.24, 2.45) is 0 Å². The minimum atomic E-state index is -3.71. The van der Waals surface area contributed by atoms with Crippen molar-refractivity contribution in [1.29, 1.82) is 0 Å². The Bertz CT molecular complexity index is 1020. The quantitative estimate of drug-likeness (QED) is 0.302. The molecule has 4 aromatic carbocycles. The van der Waals surface area contributed by atoms with Gasteiger partial charge in [0.05, 0.1) is 0 Å². The van der Waals surface area contributed by atoms with Crippen molar-refractivity contribution in [3.8, 4) is 11.5 Å². The second-order valence-corrected chi connectivity index (χ2v) is 8.72. The molecule has 0 spiro atoms. The molecular weight excluding hydrogens is 405 g/mol. The van der Waals surface area contributed by atoms with Gasteiger partial charge < -0.3 is 9.05 Å². The van der Waals surface area contributed by atoms with E-state index in [4.69, 9.17) is 9.05 Å². The van der Waals surface area contributed by atoms with Crippen molar-refractivity contribution >= 4 is 7.75 Å². The summed E-state index contributed by atoms with van der Waals surface area (Å²) < 4.78 is 25.5. The molecule has 31 heavy (non-hydrogen) atoms. The third kappa shape index (κ3) is 5.85. The molecule has 0 saturated heterocycles. The molecule has 4 aromatic rings. The third-order valence-electron chi connectivity index (χ3n) is 4.83. The lowest BCUT2D eigenvalue weighted by atomic mass is 9.92. The lowest BCUT2D eigenvalue weighted by Crippen LogP contribution is -2.24. The van der Waals surface area contributed by atoms with Gasteiger partial charge in [0, 0.05) is 12.5 Å². The molecule has 5 heteroatoms. The predicted octanol–water partition coefficient (Wildman–Crippen LogP) is 6.67. The van der Waals surface area contributed by atoms with Gasteiger partial charge in [0.1, 0.15) is 11.5 Å². The van der Waals surface area contributed by atoms with E-state index in [1.54, 1.807) is 24.3 Å². The van der Waals surface area contributed by atoms with Crippen LogP contribution in [0.25, 0.3) is 0 Å². The van der Waals surface area contributed by atoms with E-state index in [0.717, 1.165) is 11.1 Å². The molecule has 0 aliphatic heterocycles. The van der Waals surface area contributed by atoms with Crippen LogP contribution < -0.4 is 14.1 Å². The average molecular weight is 429 g/mol. The van der Waals surface area contributed by atoms with Gasteiger partial charge in [-0.1, -0.05) is 97.1 Å². The molecule has 0 aliphatic carbocycles. The number of hydrogen-bond acceptors (Lipinski definition) is 3. The Labute approximate surface area is 183 Å². The monoisotopic (exact) mass is 429 g/mol. The highest BCUT2D eigenvalue weighted by molar-refractivity contribution is 7.52. The molecule has 0 aromatic heterocycles. The highest BCUT2D eigenvalue weighted by Gasteiger charge is 2.30. The number of rotatable bonds is 9. The second kappa shape index (κ2) is 10.1. The van der Waals surface area contributed by atoms with Gasteiger partial charge in [-0.2, -0.15) is 0 Å². The van der Waals surface area contributed by atoms with Gasteiger partial charge in [0.2, 0.25) is 0 Å². The summed E-state index contributed by atoms with van der Waals surface area (Å²) in [4.78, 5) is 0. The van der Waals surface area contributed by atoms with E-state index in [1.165, 1.54) is 0 Å². The molecule has 0 amide bonds. The molecule has 0 heterocycles. The first kappa shape index (κ1) is 20.9. The van der Waals surface area contributed by atoms with Crippen molar-refractivity contribution in [3.63, 3.8) is 0 Å². The van der Waals surface area contributed by atoms with Gasteiger partial charge in [-0.15, -0.1) is 0 Å². The van der Waals surface area contributed by atoms with Gasteiger partial charge in [0.15, 0.2) is 0 Å². The number of para-hydroxylation sites is 2. The van der Waals surface area contributed by atoms with Gasteiger partial charge in [-0.3, -0.25) is 0 Å². The summed E-state index contributed by atoms with van der Waals surface area (Å²) in [6, 6.07) is 38.4. The molecule has 0 bridgehead atoms. The predicted molar refractivity (Wildman–Crippen MR) is 124 cm³/mol. The molecule has 0 aliphatic rings. The zero-order valence-electron chi connectivity index (χ0n) is 17.0. The summed E-state index contributed by atoms with van der Waals surface area (Å²) in [7, 11) is -3.71. The molecule has 4 rings (SSSR count). The van der Waals surface area contributed by atoms with Crippen molar-refractivity contribution in [3.05, 3.63) is 132 Å². The fourth-order valence-corrected chi connectivity index (χ4v) is 4.70. The lowest BCUT2D eigenvalue weighted by Gasteiger charge is -2.24. The van der Waals surface area contributed by atoms with E-state index in [1.807, 2.05) is 72.8 Å². The Morgan fingerprint density at radius 1 is 0.581 bits per heavy atom. The number of hydrogen-bond donors (Lipinski definition) is 1. The Kier molecular flexibility index (Phi) is 6.83. The highest BCUT2D eigenvalue weighted by Crippen LogP contribution is 2.45. The summed E-state index contributed by atoms with van der Waals surface area (Å²) in [5.74, 6) is 0.935. The average Bonchev–Trinajstić information content (AvgIpc) is 2.82. The third-order valence-corrected chi connectivity index (χ3v) is 6.30. The Morgan fingerprint density at radius 3 is 1.32 bits per heavy atom. The lowest BCUT2D eigenvalue weighted by molar-refractivity contribution is 0.370. The molecule has 0 radical (unpaired) electrons. The molecule has 0 saturated carbocycles. The molecule has 0 atom stereocenters. The normalized spacial score (nSPS) is 11.3. The summed E-state index contributed by atoms with van der Waals surface area (Å²) >= 11 is 0. The van der Waals surface area contributed by atoms with Crippen LogP contribution in [-0.2, 0) is 4.57 Å². The largest absolute Gasteiger partial charge is 0.512 e. The van der Waals surface area contributed by atoms with Crippen LogP contribution in [0.4, 0.5) is 0 Å². The van der Waals surface area contributed by atoms with Crippen molar-refractivity contribution in [1.82, 2.24) is 5.09 Å². The number of nitrogens with one attached hydrogen (secondary N) is 1. The van der Waals surface area contributed by atoms with Gasteiger partial charge in [0.25, 0.3) is 0 Å². The Hall–Kier alpha value is -3.33. The van der Waals surface area contributed by atoms with Crippen LogP contribution in [0.15, 0.2) is 121 Å². The molecule has 0 unspecified atom stereocenters. The molecular formula is C26H24NO3P. The van der Waals surface area contributed by atoms with Crippen LogP contribution in [-0.4, -0.2) is 6.54 Å². The van der Waals surface area contributed by atoms with E-state index < -0.39 is 7.75 Å². The Morgan fingerprint density at radius 2 is 0.935 bits per heavy atom. The maximum absolute atomic E-state index is 13.8. The molecule has 4 nitrogen and oxygen atoms in total. The first-order valence-corrected chi connectivity index (χ1v) is 11.7. The van der Waals surface area contributed by atoms with Crippen molar-refractivity contribution < 1.29 is 13.6 Å². The smallest absolute Gasteiger partial charge is 0.405 e. The fraction of sp³-hybridized carbons (Fsp3) is 0.0769. The van der Waals surface area contributed by atoms with Crippen LogP contribution >= 0.6 is 7.75 Å². The van der Waals surface area contributed by atoms with Crippen molar-refractivity contribution in [2.45, 2.75) is 5.92 Å². The van der Waals surface area contributed by atoms with Crippen LogP contribution in [0.1, 0.15) is 17.0 Å². The maximum Gasteiger partial charge on any atom is 0.512 e. The van der Waals surface area contributed by atoms with E-state index in [0.29, 0.717) is 18.0 Å². The van der Waals surface area contributed by atoms with E-state index >= 15 is 0 Å². The van der Waals surface area contributed by atoms with Crippen molar-refractivity contribution in [2.75, 3.05) is 6.54 Å². The summed E-state index contributed by atoms with van der Waals surface area (Å²) in [6.45, 7) is 0.380. The first-order chi connectivity index (χ1) is 15.2. The highest BCUT2D eigenvalue weighted by atomic mass is 31.2. The fourth-order valence-electron chi connectivity index (χ4n) is 3.33. The summed E-state index contributed by atoms with van der Waals surface area (Å²) in [6.07, 6.45) is 0. The zero-order chi connectivity index (χ0) is 21.4. The second-order valence-electron chi connectivity index (χ2n) is 7.04. The number of benzene rings is 4. The maximum atomic E-state index is 13.8. The molecule has 156 valence electrons. The van der Waals surface area contributed by atoms with Crippen LogP contribution in [0, 0.1) is 0 Å². The summed E-state index contributed by atoms with van der Waals surface area (Å²) in [5.41, 5.74) is 2.24. The Balaban J connectivity index is 1.61. The minimum Gasteiger partial charge on any atom is -0.405 e. The van der Waals surface area contributed by atoms with Crippen LogP contribution in [0.3, 0.4) is 0 Å². The minimum absolute atomic E-state index is 0.0190. The van der Waals surface area contributed by atoms with E-state index in [9.17, 15) is 4.57 Å².